The molecular weight excluding hydrogens is 270 g/mol. The van der Waals surface area contributed by atoms with Gasteiger partial charge < -0.3 is 14.8 Å². The van der Waals surface area contributed by atoms with E-state index in [4.69, 9.17) is 0 Å². The average molecular weight is 295 g/mol. The van der Waals surface area contributed by atoms with E-state index in [1.54, 1.807) is 0 Å². The van der Waals surface area contributed by atoms with E-state index < -0.39 is 0 Å². The molecule has 20 heavy (non-hydrogen) atoms. The molecule has 0 bridgehead atoms. The van der Waals surface area contributed by atoms with Crippen LogP contribution in [0, 0.1) is 5.92 Å². The highest BCUT2D eigenvalue weighted by atomic mass is 32.2. The fourth-order valence-electron chi connectivity index (χ4n) is 2.33. The van der Waals surface area contributed by atoms with Crippen LogP contribution in [0.4, 0.5) is 0 Å². The molecule has 0 amide bonds. The second kappa shape index (κ2) is 7.02. The minimum atomic E-state index is 0.690. The number of nitrogens with one attached hydrogen (secondary N) is 1. The van der Waals surface area contributed by atoms with Crippen LogP contribution in [0.25, 0.3) is 0 Å². The molecule has 1 aromatic heterocycles. The van der Waals surface area contributed by atoms with Gasteiger partial charge in [0.2, 0.25) is 0 Å². The van der Waals surface area contributed by atoms with Crippen LogP contribution >= 0.6 is 11.8 Å². The molecule has 0 radical (unpaired) electrons. The Morgan fingerprint density at radius 3 is 3.00 bits per heavy atom. The molecular formula is C14H25N5S. The van der Waals surface area contributed by atoms with Crippen molar-refractivity contribution in [1.29, 1.82) is 0 Å². The zero-order valence-corrected chi connectivity index (χ0v) is 13.7. The number of aryl methyl sites for hydroxylation is 1. The van der Waals surface area contributed by atoms with Crippen LogP contribution in [0.3, 0.4) is 0 Å². The van der Waals surface area contributed by atoms with Crippen LogP contribution in [-0.4, -0.2) is 51.6 Å². The van der Waals surface area contributed by atoms with E-state index in [9.17, 15) is 0 Å². The van der Waals surface area contributed by atoms with Crippen molar-refractivity contribution < 1.29 is 0 Å². The third-order valence-electron chi connectivity index (χ3n) is 3.67. The first-order valence-electron chi connectivity index (χ1n) is 7.15. The lowest BCUT2D eigenvalue weighted by atomic mass is 10.1. The van der Waals surface area contributed by atoms with Crippen molar-refractivity contribution in [3.05, 3.63) is 18.2 Å². The summed E-state index contributed by atoms with van der Waals surface area (Å²) in [4.78, 5) is 11.1. The van der Waals surface area contributed by atoms with E-state index >= 15 is 0 Å². The Bertz CT molecular complexity index is 454. The Morgan fingerprint density at radius 1 is 1.60 bits per heavy atom. The van der Waals surface area contributed by atoms with Crippen molar-refractivity contribution in [2.75, 3.05) is 25.9 Å². The van der Waals surface area contributed by atoms with Gasteiger partial charge in [-0.15, -0.1) is 0 Å². The fraction of sp³-hybridized carbons (Fsp3) is 0.714. The number of guanidine groups is 1. The summed E-state index contributed by atoms with van der Waals surface area (Å²) in [7, 11) is 3.87. The van der Waals surface area contributed by atoms with Gasteiger partial charge in [0.25, 0.3) is 0 Å². The van der Waals surface area contributed by atoms with Crippen molar-refractivity contribution >= 4 is 17.7 Å². The number of rotatable bonds is 3. The molecule has 0 spiro atoms. The van der Waals surface area contributed by atoms with Gasteiger partial charge in [-0.3, -0.25) is 4.99 Å². The van der Waals surface area contributed by atoms with Crippen molar-refractivity contribution in [3.63, 3.8) is 0 Å². The number of imidazole rings is 1. The van der Waals surface area contributed by atoms with Gasteiger partial charge in [-0.2, -0.15) is 11.8 Å². The zero-order chi connectivity index (χ0) is 14.5. The zero-order valence-electron chi connectivity index (χ0n) is 12.8. The monoisotopic (exact) mass is 295 g/mol. The van der Waals surface area contributed by atoms with E-state index in [-0.39, 0.29) is 0 Å². The van der Waals surface area contributed by atoms with Gasteiger partial charge in [0, 0.05) is 50.6 Å². The van der Waals surface area contributed by atoms with Crippen molar-refractivity contribution in [2.45, 2.75) is 25.6 Å². The average Bonchev–Trinajstić information content (AvgIpc) is 2.85. The molecule has 2 rings (SSSR count). The summed E-state index contributed by atoms with van der Waals surface area (Å²) in [6.45, 7) is 7.44. The summed E-state index contributed by atoms with van der Waals surface area (Å²) < 4.78 is 2.03. The van der Waals surface area contributed by atoms with E-state index in [0.29, 0.717) is 17.7 Å². The van der Waals surface area contributed by atoms with Gasteiger partial charge in [0.05, 0.1) is 6.54 Å². The van der Waals surface area contributed by atoms with Crippen LogP contribution in [0.1, 0.15) is 19.7 Å². The molecule has 1 aromatic rings. The minimum Gasteiger partial charge on any atom is -0.349 e. The summed E-state index contributed by atoms with van der Waals surface area (Å²) >= 11 is 2.08. The predicted octanol–water partition coefficient (Wildman–Crippen LogP) is 1.57. The summed E-state index contributed by atoms with van der Waals surface area (Å²) in [5, 5.41) is 4.12. The molecule has 5 nitrogen and oxygen atoms in total. The summed E-state index contributed by atoms with van der Waals surface area (Å²) in [6.07, 6.45) is 3.79. The van der Waals surface area contributed by atoms with Gasteiger partial charge in [0.1, 0.15) is 5.82 Å². The van der Waals surface area contributed by atoms with E-state index in [0.717, 1.165) is 24.9 Å². The molecule has 6 heteroatoms. The van der Waals surface area contributed by atoms with Crippen molar-refractivity contribution in [3.8, 4) is 0 Å². The van der Waals surface area contributed by atoms with E-state index in [2.05, 4.69) is 45.8 Å². The number of nitrogens with zero attached hydrogens (tertiary/aromatic N) is 4. The topological polar surface area (TPSA) is 45.5 Å². The molecule has 1 aliphatic rings. The maximum Gasteiger partial charge on any atom is 0.194 e. The molecule has 2 heterocycles. The minimum absolute atomic E-state index is 0.690. The normalized spacial score (nSPS) is 20.6. The molecule has 0 aromatic carbocycles. The summed E-state index contributed by atoms with van der Waals surface area (Å²) in [5.41, 5.74) is 0. The maximum atomic E-state index is 4.42. The molecule has 0 aliphatic carbocycles. The molecule has 1 saturated heterocycles. The Morgan fingerprint density at radius 2 is 2.40 bits per heavy atom. The maximum absolute atomic E-state index is 4.42. The highest BCUT2D eigenvalue weighted by Gasteiger charge is 2.24. The lowest BCUT2D eigenvalue weighted by molar-refractivity contribution is 0.380. The number of thioether (sulfide) groups is 1. The third kappa shape index (κ3) is 3.69. The quantitative estimate of drug-likeness (QED) is 0.679. The number of hydrogen-bond donors (Lipinski definition) is 1. The van der Waals surface area contributed by atoms with E-state index in [1.165, 1.54) is 5.75 Å². The van der Waals surface area contributed by atoms with Gasteiger partial charge in [-0.05, 0) is 5.92 Å². The van der Waals surface area contributed by atoms with Gasteiger partial charge in [0.15, 0.2) is 5.96 Å². The van der Waals surface area contributed by atoms with Gasteiger partial charge in [-0.25, -0.2) is 4.98 Å². The molecule has 1 atom stereocenters. The Kier molecular flexibility index (Phi) is 5.34. The standard InChI is InChI=1S/C14H25N5S/c1-11(2)12-10-19(7-8-20-12)14(15-3)17-9-13-16-5-6-18(13)4/h5-6,11-12H,7-10H2,1-4H3,(H,15,17). The summed E-state index contributed by atoms with van der Waals surface area (Å²) in [6, 6.07) is 0. The fourth-order valence-corrected chi connectivity index (χ4v) is 3.63. The molecule has 1 fully saturated rings. The first-order valence-corrected chi connectivity index (χ1v) is 8.20. The molecule has 1 aliphatic heterocycles. The molecule has 0 saturated carbocycles. The van der Waals surface area contributed by atoms with Crippen LogP contribution in [0.5, 0.6) is 0 Å². The summed E-state index contributed by atoms with van der Waals surface area (Å²) in [5.74, 6) is 3.89. The number of aromatic nitrogens is 2. The SMILES string of the molecule is CN=C(NCc1nccn1C)N1CCSC(C(C)C)C1. The van der Waals surface area contributed by atoms with Crippen molar-refractivity contribution in [2.24, 2.45) is 18.0 Å². The first kappa shape index (κ1) is 15.2. The smallest absolute Gasteiger partial charge is 0.194 e. The van der Waals surface area contributed by atoms with Gasteiger partial charge >= 0.3 is 0 Å². The van der Waals surface area contributed by atoms with Crippen LogP contribution in [-0.2, 0) is 13.6 Å². The second-order valence-corrected chi connectivity index (χ2v) is 6.80. The Balaban J connectivity index is 1.93. The van der Waals surface area contributed by atoms with Crippen LogP contribution < -0.4 is 5.32 Å². The lowest BCUT2D eigenvalue weighted by Gasteiger charge is -2.36. The van der Waals surface area contributed by atoms with Crippen molar-refractivity contribution in [1.82, 2.24) is 19.8 Å². The molecule has 112 valence electrons. The number of hydrogen-bond acceptors (Lipinski definition) is 3. The van der Waals surface area contributed by atoms with Crippen LogP contribution in [0.2, 0.25) is 0 Å². The van der Waals surface area contributed by atoms with E-state index in [1.807, 2.05) is 31.1 Å². The highest BCUT2D eigenvalue weighted by Crippen LogP contribution is 2.24. The first-order chi connectivity index (χ1) is 9.61. The van der Waals surface area contributed by atoms with Crippen LogP contribution in [0.15, 0.2) is 17.4 Å². The third-order valence-corrected chi connectivity index (χ3v) is 5.21. The highest BCUT2D eigenvalue weighted by molar-refractivity contribution is 8.00. The second-order valence-electron chi connectivity index (χ2n) is 5.45. The largest absolute Gasteiger partial charge is 0.349 e. The molecule has 1 N–H and O–H groups in total. The molecule has 1 unspecified atom stereocenters. The van der Waals surface area contributed by atoms with Gasteiger partial charge in [-0.1, -0.05) is 13.8 Å². The lowest BCUT2D eigenvalue weighted by Crippen LogP contribution is -2.48. The number of aliphatic imine (C=N–C) groups is 1. The predicted molar refractivity (Wildman–Crippen MR) is 86.1 cm³/mol. The Labute approximate surface area is 125 Å². The Hall–Kier alpha value is -1.17.